The number of halogens is 1. The summed E-state index contributed by atoms with van der Waals surface area (Å²) in [5.74, 6) is 0. The van der Waals surface area contributed by atoms with Gasteiger partial charge in [0, 0.05) is 29.3 Å². The number of carbonyl (C=O) groups excluding carboxylic acids is 2. The van der Waals surface area contributed by atoms with E-state index in [0.717, 1.165) is 39.3 Å². The van der Waals surface area contributed by atoms with E-state index in [1.165, 1.54) is 24.2 Å². The number of nitrogens with one attached hydrogen (secondary N) is 3. The van der Waals surface area contributed by atoms with Crippen molar-refractivity contribution in [2.45, 2.75) is 58.2 Å². The molecule has 9 heteroatoms. The first-order chi connectivity index (χ1) is 18.9. The van der Waals surface area contributed by atoms with Gasteiger partial charge in [-0.1, -0.05) is 78.2 Å². The summed E-state index contributed by atoms with van der Waals surface area (Å²) in [6, 6.07) is 25.3. The lowest BCUT2D eigenvalue weighted by molar-refractivity contribution is 0.184. The number of anilines is 2. The summed E-state index contributed by atoms with van der Waals surface area (Å²) in [7, 11) is 0. The highest BCUT2D eigenvalue weighted by atomic mass is 35.5. The Morgan fingerprint density at radius 2 is 1.62 bits per heavy atom. The van der Waals surface area contributed by atoms with E-state index in [9.17, 15) is 9.59 Å². The van der Waals surface area contributed by atoms with E-state index in [4.69, 9.17) is 11.6 Å². The predicted octanol–water partition coefficient (Wildman–Crippen LogP) is 8.14. The van der Waals surface area contributed by atoms with Gasteiger partial charge >= 0.3 is 12.1 Å². The molecule has 4 aromatic rings. The maximum absolute atomic E-state index is 12.8. The molecule has 1 fully saturated rings. The number of nitrogens with zero attached hydrogens (tertiary/aromatic N) is 2. The first kappa shape index (κ1) is 28.4. The molecule has 5 rings (SSSR count). The zero-order chi connectivity index (χ0) is 27.6. The van der Waals surface area contributed by atoms with Crippen LogP contribution in [0.15, 0.2) is 78.9 Å². The van der Waals surface area contributed by atoms with Crippen molar-refractivity contribution < 1.29 is 9.59 Å². The average Bonchev–Trinajstić information content (AvgIpc) is 3.58. The van der Waals surface area contributed by atoms with Gasteiger partial charge in [0.05, 0.1) is 10.2 Å². The molecule has 7 nitrogen and oxygen atoms in total. The zero-order valence-electron chi connectivity index (χ0n) is 22.2. The molecule has 0 radical (unpaired) electrons. The molecular formula is C30H34ClN5O2S. The Bertz CT molecular complexity index is 1320. The highest BCUT2D eigenvalue weighted by Crippen LogP contribution is 2.27. The first-order valence-corrected chi connectivity index (χ1v) is 14.4. The van der Waals surface area contributed by atoms with Gasteiger partial charge in [-0.3, -0.25) is 5.32 Å². The molecule has 1 aliphatic rings. The number of hydrogen-bond acceptors (Lipinski definition) is 4. The number of benzene rings is 3. The average molecular weight is 564 g/mol. The molecular weight excluding hydrogens is 530 g/mol. The van der Waals surface area contributed by atoms with Crippen LogP contribution in [0.25, 0.3) is 10.2 Å². The quantitative estimate of drug-likeness (QED) is 0.221. The van der Waals surface area contributed by atoms with Gasteiger partial charge in [0.15, 0.2) is 5.13 Å². The molecule has 0 unspecified atom stereocenters. The van der Waals surface area contributed by atoms with Crippen LogP contribution in [-0.4, -0.2) is 34.0 Å². The third-order valence-corrected chi connectivity index (χ3v) is 7.46. The summed E-state index contributed by atoms with van der Waals surface area (Å²) in [5.41, 5.74) is 2.84. The SMILES string of the molecule is CC(C)NC(=O)Nc1nc2ccccc2s1.O=C(Nc1ccccc1)N(Cc1ccc(Cl)cc1)C1CCCC1. The fraction of sp³-hybridized carbons (Fsp3) is 0.300. The number of hydrogen-bond donors (Lipinski definition) is 3. The Labute approximate surface area is 238 Å². The van der Waals surface area contributed by atoms with Crippen molar-refractivity contribution >= 4 is 56.0 Å². The van der Waals surface area contributed by atoms with Crippen LogP contribution in [0.3, 0.4) is 0 Å². The number of thiazole rings is 1. The minimum absolute atomic E-state index is 0.0296. The second kappa shape index (κ2) is 14.0. The fourth-order valence-corrected chi connectivity index (χ4v) is 5.39. The smallest absolute Gasteiger partial charge is 0.322 e. The van der Waals surface area contributed by atoms with E-state index in [0.29, 0.717) is 17.7 Å². The fourth-order valence-electron chi connectivity index (χ4n) is 4.41. The molecule has 1 aliphatic carbocycles. The van der Waals surface area contributed by atoms with Crippen molar-refractivity contribution in [3.05, 3.63) is 89.4 Å². The molecule has 0 bridgehead atoms. The number of aromatic nitrogens is 1. The lowest BCUT2D eigenvalue weighted by Gasteiger charge is -2.29. The number of para-hydroxylation sites is 2. The highest BCUT2D eigenvalue weighted by molar-refractivity contribution is 7.22. The van der Waals surface area contributed by atoms with Gasteiger partial charge in [0.25, 0.3) is 0 Å². The minimum atomic E-state index is -0.214. The largest absolute Gasteiger partial charge is 0.336 e. The van der Waals surface area contributed by atoms with Crippen LogP contribution in [0.1, 0.15) is 45.1 Å². The van der Waals surface area contributed by atoms with Gasteiger partial charge in [-0.05, 0) is 68.7 Å². The molecule has 0 spiro atoms. The van der Waals surface area contributed by atoms with E-state index >= 15 is 0 Å². The number of fused-ring (bicyclic) bond motifs is 1. The van der Waals surface area contributed by atoms with Gasteiger partial charge < -0.3 is 15.5 Å². The van der Waals surface area contributed by atoms with Gasteiger partial charge in [-0.25, -0.2) is 14.6 Å². The third-order valence-electron chi connectivity index (χ3n) is 6.25. The van der Waals surface area contributed by atoms with Crippen LogP contribution in [0.4, 0.5) is 20.4 Å². The Morgan fingerprint density at radius 3 is 2.28 bits per heavy atom. The molecule has 0 saturated heterocycles. The Morgan fingerprint density at radius 1 is 0.949 bits per heavy atom. The van der Waals surface area contributed by atoms with Crippen molar-refractivity contribution in [2.24, 2.45) is 0 Å². The molecule has 3 N–H and O–H groups in total. The normalized spacial score (nSPS) is 13.0. The number of urea groups is 2. The number of carbonyl (C=O) groups is 2. The van der Waals surface area contributed by atoms with E-state index in [-0.39, 0.29) is 18.1 Å². The molecule has 1 aromatic heterocycles. The van der Waals surface area contributed by atoms with Gasteiger partial charge in [0.1, 0.15) is 0 Å². The molecule has 0 aliphatic heterocycles. The molecule has 204 valence electrons. The van der Waals surface area contributed by atoms with Crippen molar-refractivity contribution in [2.75, 3.05) is 10.6 Å². The molecule has 0 atom stereocenters. The van der Waals surface area contributed by atoms with Crippen LogP contribution in [-0.2, 0) is 6.54 Å². The van der Waals surface area contributed by atoms with Crippen molar-refractivity contribution in [1.82, 2.24) is 15.2 Å². The molecule has 39 heavy (non-hydrogen) atoms. The summed E-state index contributed by atoms with van der Waals surface area (Å²) in [6.45, 7) is 4.44. The van der Waals surface area contributed by atoms with Crippen LogP contribution in [0.2, 0.25) is 5.02 Å². The Hall–Kier alpha value is -3.62. The van der Waals surface area contributed by atoms with Crippen molar-refractivity contribution in [3.63, 3.8) is 0 Å². The molecule has 1 saturated carbocycles. The lowest BCUT2D eigenvalue weighted by Crippen LogP contribution is -2.41. The monoisotopic (exact) mass is 563 g/mol. The van der Waals surface area contributed by atoms with Crippen molar-refractivity contribution in [3.8, 4) is 0 Å². The summed E-state index contributed by atoms with van der Waals surface area (Å²) in [4.78, 5) is 30.5. The Balaban J connectivity index is 0.000000193. The number of amides is 4. The topological polar surface area (TPSA) is 86.4 Å². The minimum Gasteiger partial charge on any atom is -0.336 e. The van der Waals surface area contributed by atoms with Crippen molar-refractivity contribution in [1.29, 1.82) is 0 Å². The number of rotatable bonds is 6. The van der Waals surface area contributed by atoms with Gasteiger partial charge in [-0.2, -0.15) is 0 Å². The summed E-state index contributed by atoms with van der Waals surface area (Å²) in [6.07, 6.45) is 4.55. The van der Waals surface area contributed by atoms with E-state index in [2.05, 4.69) is 20.9 Å². The van der Waals surface area contributed by atoms with E-state index < -0.39 is 0 Å². The zero-order valence-corrected chi connectivity index (χ0v) is 23.8. The predicted molar refractivity (Wildman–Crippen MR) is 162 cm³/mol. The standard InChI is InChI=1S/C19H21ClN2O.C11H13N3OS/c20-16-12-10-15(11-13-16)14-22(18-8-4-5-9-18)19(23)21-17-6-2-1-3-7-17;1-7(2)12-10(15)14-11-13-8-5-3-4-6-9(8)16-11/h1-3,6-7,10-13,18H,4-5,8-9,14H2,(H,21,23);3-7H,1-2H3,(H2,12,13,14,15). The van der Waals surface area contributed by atoms with Crippen LogP contribution >= 0.6 is 22.9 Å². The van der Waals surface area contributed by atoms with Gasteiger partial charge in [-0.15, -0.1) is 0 Å². The van der Waals surface area contributed by atoms with Gasteiger partial charge in [0.2, 0.25) is 0 Å². The van der Waals surface area contributed by atoms with Crippen LogP contribution in [0.5, 0.6) is 0 Å². The van der Waals surface area contributed by atoms with E-state index in [1.807, 2.05) is 97.6 Å². The summed E-state index contributed by atoms with van der Waals surface area (Å²) >= 11 is 7.42. The summed E-state index contributed by atoms with van der Waals surface area (Å²) in [5, 5.41) is 9.83. The lowest BCUT2D eigenvalue weighted by atomic mass is 10.1. The van der Waals surface area contributed by atoms with Crippen LogP contribution < -0.4 is 16.0 Å². The maximum Gasteiger partial charge on any atom is 0.322 e. The second-order valence-corrected chi connectivity index (χ2v) is 11.2. The van der Waals surface area contributed by atoms with E-state index in [1.54, 1.807) is 0 Å². The molecule has 4 amide bonds. The molecule has 3 aromatic carbocycles. The maximum atomic E-state index is 12.8. The molecule has 1 heterocycles. The highest BCUT2D eigenvalue weighted by Gasteiger charge is 2.26. The Kier molecular flexibility index (Phi) is 10.2. The summed E-state index contributed by atoms with van der Waals surface area (Å²) < 4.78 is 1.07. The van der Waals surface area contributed by atoms with Crippen LogP contribution in [0, 0.1) is 0 Å². The second-order valence-electron chi connectivity index (χ2n) is 9.73. The third kappa shape index (κ3) is 8.70. The first-order valence-electron chi connectivity index (χ1n) is 13.2.